The highest BCUT2D eigenvalue weighted by Gasteiger charge is 2.46. The molecule has 1 aromatic rings. The van der Waals surface area contributed by atoms with Crippen molar-refractivity contribution in [3.63, 3.8) is 0 Å². The number of carboxylic acids is 1. The molecule has 0 bridgehead atoms. The van der Waals surface area contributed by atoms with Gasteiger partial charge in [0.1, 0.15) is 12.4 Å². The van der Waals surface area contributed by atoms with Crippen LogP contribution in [0.3, 0.4) is 0 Å². The van der Waals surface area contributed by atoms with Crippen LogP contribution in [0.4, 0.5) is 26.3 Å². The van der Waals surface area contributed by atoms with Crippen LogP contribution < -0.4 is 4.74 Å². The summed E-state index contributed by atoms with van der Waals surface area (Å²) in [5.41, 5.74) is -1.27. The number of halogens is 6. The molecule has 0 radical (unpaired) electrons. The Labute approximate surface area is 108 Å². The number of rotatable bonds is 4. The molecular weight excluding hydrogens is 294 g/mol. The molecule has 112 valence electrons. The van der Waals surface area contributed by atoms with Crippen LogP contribution in [0, 0.1) is 5.92 Å². The zero-order valence-corrected chi connectivity index (χ0v) is 9.63. The molecule has 1 N–H and O–H groups in total. The third-order valence-electron chi connectivity index (χ3n) is 2.29. The lowest BCUT2D eigenvalue weighted by Crippen LogP contribution is -2.35. The van der Waals surface area contributed by atoms with E-state index < -0.39 is 42.2 Å². The molecule has 0 fully saturated rings. The average molecular weight is 302 g/mol. The molecular formula is C11H8F6O3. The van der Waals surface area contributed by atoms with Gasteiger partial charge in [-0.3, -0.25) is 4.79 Å². The van der Waals surface area contributed by atoms with E-state index in [2.05, 4.69) is 4.74 Å². The first-order valence-corrected chi connectivity index (χ1v) is 5.12. The standard InChI is InChI=1S/C11H8F6O3/c12-10(13,14)6-3-1-2-4-8(6)20-5-7(9(18)19)11(15,16)17/h1-4,7H,5H2,(H,18,19). The maximum Gasteiger partial charge on any atom is 0.419 e. The van der Waals surface area contributed by atoms with Crippen LogP contribution in [0.5, 0.6) is 5.75 Å². The van der Waals surface area contributed by atoms with Gasteiger partial charge in [-0.2, -0.15) is 26.3 Å². The quantitative estimate of drug-likeness (QED) is 0.868. The van der Waals surface area contributed by atoms with E-state index in [0.29, 0.717) is 6.07 Å². The zero-order valence-electron chi connectivity index (χ0n) is 9.63. The minimum absolute atomic E-state index is 0.624. The largest absolute Gasteiger partial charge is 0.492 e. The summed E-state index contributed by atoms with van der Waals surface area (Å²) in [4.78, 5) is 10.4. The van der Waals surface area contributed by atoms with Gasteiger partial charge in [0.25, 0.3) is 0 Å². The molecule has 0 spiro atoms. The first-order chi connectivity index (χ1) is 9.03. The van der Waals surface area contributed by atoms with Gasteiger partial charge in [0.15, 0.2) is 5.92 Å². The smallest absolute Gasteiger partial charge is 0.419 e. The number of benzene rings is 1. The van der Waals surface area contributed by atoms with E-state index in [-0.39, 0.29) is 0 Å². The number of para-hydroxylation sites is 1. The summed E-state index contributed by atoms with van der Waals surface area (Å²) in [5.74, 6) is -5.97. The van der Waals surface area contributed by atoms with Gasteiger partial charge in [0.05, 0.1) is 5.56 Å². The van der Waals surface area contributed by atoms with Crippen molar-refractivity contribution in [2.75, 3.05) is 6.61 Å². The van der Waals surface area contributed by atoms with Crippen molar-refractivity contribution >= 4 is 5.97 Å². The Morgan fingerprint density at radius 3 is 2.15 bits per heavy atom. The highest BCUT2D eigenvalue weighted by atomic mass is 19.4. The number of alkyl halides is 6. The second-order valence-corrected chi connectivity index (χ2v) is 3.74. The van der Waals surface area contributed by atoms with Crippen LogP contribution in [0.1, 0.15) is 5.56 Å². The van der Waals surface area contributed by atoms with Gasteiger partial charge in [-0.15, -0.1) is 0 Å². The van der Waals surface area contributed by atoms with Crippen molar-refractivity contribution in [1.29, 1.82) is 0 Å². The van der Waals surface area contributed by atoms with E-state index in [0.717, 1.165) is 18.2 Å². The SMILES string of the molecule is O=C(O)C(COc1ccccc1C(F)(F)F)C(F)(F)F. The highest BCUT2D eigenvalue weighted by Crippen LogP contribution is 2.36. The monoisotopic (exact) mass is 302 g/mol. The summed E-state index contributed by atoms with van der Waals surface area (Å²) in [6.07, 6.45) is -9.92. The third-order valence-corrected chi connectivity index (χ3v) is 2.29. The Morgan fingerprint density at radius 2 is 1.70 bits per heavy atom. The number of hydrogen-bond acceptors (Lipinski definition) is 2. The van der Waals surface area contributed by atoms with Crippen LogP contribution in [-0.2, 0) is 11.0 Å². The van der Waals surface area contributed by atoms with E-state index in [4.69, 9.17) is 5.11 Å². The van der Waals surface area contributed by atoms with Gasteiger partial charge in [-0.05, 0) is 12.1 Å². The van der Waals surface area contributed by atoms with Gasteiger partial charge < -0.3 is 9.84 Å². The van der Waals surface area contributed by atoms with Crippen LogP contribution in [0.15, 0.2) is 24.3 Å². The molecule has 1 rings (SSSR count). The molecule has 1 atom stereocenters. The Morgan fingerprint density at radius 1 is 1.15 bits per heavy atom. The van der Waals surface area contributed by atoms with E-state index in [9.17, 15) is 31.1 Å². The molecule has 0 saturated carbocycles. The third kappa shape index (κ3) is 4.04. The van der Waals surface area contributed by atoms with Gasteiger partial charge in [0, 0.05) is 0 Å². The van der Waals surface area contributed by atoms with Crippen LogP contribution in [0.2, 0.25) is 0 Å². The predicted molar refractivity (Wildman–Crippen MR) is 54.1 cm³/mol. The molecule has 1 unspecified atom stereocenters. The summed E-state index contributed by atoms with van der Waals surface area (Å²) in [5, 5.41) is 8.39. The van der Waals surface area contributed by atoms with Gasteiger partial charge in [-0.25, -0.2) is 0 Å². The number of carboxylic acid groups (broad SMARTS) is 1. The van der Waals surface area contributed by atoms with Crippen LogP contribution in [-0.4, -0.2) is 23.9 Å². The summed E-state index contributed by atoms with van der Waals surface area (Å²) in [7, 11) is 0. The average Bonchev–Trinajstić information content (AvgIpc) is 2.26. The number of ether oxygens (including phenoxy) is 1. The Kier molecular flexibility index (Phi) is 4.51. The fraction of sp³-hybridized carbons (Fsp3) is 0.364. The Balaban J connectivity index is 2.93. The molecule has 1 aromatic carbocycles. The number of aliphatic carboxylic acids is 1. The predicted octanol–water partition coefficient (Wildman–Crippen LogP) is 3.35. The van der Waals surface area contributed by atoms with Crippen molar-refractivity contribution in [3.8, 4) is 5.75 Å². The van der Waals surface area contributed by atoms with Crippen molar-refractivity contribution in [2.45, 2.75) is 12.4 Å². The van der Waals surface area contributed by atoms with Crippen molar-refractivity contribution in [3.05, 3.63) is 29.8 Å². The molecule has 0 aliphatic rings. The summed E-state index contributed by atoms with van der Waals surface area (Å²) in [6, 6.07) is 3.61. The maximum absolute atomic E-state index is 12.5. The molecule has 0 saturated heterocycles. The molecule has 9 heteroatoms. The lowest BCUT2D eigenvalue weighted by Gasteiger charge is -2.18. The number of hydrogen-bond donors (Lipinski definition) is 1. The van der Waals surface area contributed by atoms with Crippen molar-refractivity contribution < 1.29 is 41.0 Å². The van der Waals surface area contributed by atoms with Gasteiger partial charge in [-0.1, -0.05) is 12.1 Å². The van der Waals surface area contributed by atoms with E-state index in [1.165, 1.54) is 0 Å². The normalized spacial score (nSPS) is 13.9. The Hall–Kier alpha value is -1.93. The second-order valence-electron chi connectivity index (χ2n) is 3.74. The van der Waals surface area contributed by atoms with Gasteiger partial charge in [0.2, 0.25) is 0 Å². The fourth-order valence-corrected chi connectivity index (χ4v) is 1.31. The molecule has 0 aliphatic heterocycles. The molecule has 0 aromatic heterocycles. The maximum atomic E-state index is 12.5. The minimum Gasteiger partial charge on any atom is -0.492 e. The van der Waals surface area contributed by atoms with E-state index in [1.807, 2.05) is 0 Å². The zero-order chi connectivity index (χ0) is 15.6. The Bertz CT molecular complexity index is 480. The summed E-state index contributed by atoms with van der Waals surface area (Å²) >= 11 is 0. The molecule has 0 aliphatic carbocycles. The second kappa shape index (κ2) is 5.59. The van der Waals surface area contributed by atoms with Crippen molar-refractivity contribution in [2.24, 2.45) is 5.92 Å². The lowest BCUT2D eigenvalue weighted by atomic mass is 10.1. The lowest BCUT2D eigenvalue weighted by molar-refractivity contribution is -0.198. The molecule has 3 nitrogen and oxygen atoms in total. The first-order valence-electron chi connectivity index (χ1n) is 5.12. The first kappa shape index (κ1) is 16.1. The van der Waals surface area contributed by atoms with Crippen molar-refractivity contribution in [1.82, 2.24) is 0 Å². The molecule has 0 heterocycles. The van der Waals surface area contributed by atoms with Crippen LogP contribution >= 0.6 is 0 Å². The van der Waals surface area contributed by atoms with E-state index >= 15 is 0 Å². The summed E-state index contributed by atoms with van der Waals surface area (Å²) < 4.78 is 79.0. The number of carbonyl (C=O) groups is 1. The van der Waals surface area contributed by atoms with Crippen LogP contribution in [0.25, 0.3) is 0 Å². The molecule has 0 amide bonds. The summed E-state index contributed by atoms with van der Waals surface area (Å²) in [6.45, 7) is -1.44. The van der Waals surface area contributed by atoms with E-state index in [1.54, 1.807) is 0 Å². The topological polar surface area (TPSA) is 46.5 Å². The molecule has 20 heavy (non-hydrogen) atoms. The minimum atomic E-state index is -5.11. The fourth-order valence-electron chi connectivity index (χ4n) is 1.31. The van der Waals surface area contributed by atoms with Gasteiger partial charge >= 0.3 is 18.3 Å². The highest BCUT2D eigenvalue weighted by molar-refractivity contribution is 5.71.